The molecule has 1 N–H and O–H groups in total. The number of fused-ring (bicyclic) bond motifs is 1. The molecule has 0 radical (unpaired) electrons. The summed E-state index contributed by atoms with van der Waals surface area (Å²) in [6.45, 7) is 5.63. The Morgan fingerprint density at radius 1 is 1.31 bits per heavy atom. The van der Waals surface area contributed by atoms with Crippen molar-refractivity contribution >= 4 is 38.4 Å². The predicted molar refractivity (Wildman–Crippen MR) is 125 cm³/mol. The van der Waals surface area contributed by atoms with Crippen LogP contribution in [-0.2, 0) is 21.1 Å². The molecule has 0 aliphatic heterocycles. The number of hydrogen-bond acceptors (Lipinski definition) is 6. The Morgan fingerprint density at radius 2 is 2.00 bits per heavy atom. The van der Waals surface area contributed by atoms with Gasteiger partial charge < -0.3 is 10.1 Å². The Labute approximate surface area is 193 Å². The highest BCUT2D eigenvalue weighted by molar-refractivity contribution is 7.90. The van der Waals surface area contributed by atoms with E-state index in [4.69, 9.17) is 21.3 Å². The molecule has 1 fully saturated rings. The van der Waals surface area contributed by atoms with Crippen LogP contribution in [0.4, 0.5) is 4.79 Å². The lowest BCUT2D eigenvalue weighted by Gasteiger charge is -2.25. The zero-order chi connectivity index (χ0) is 23.7. The number of rotatable bonds is 8. The minimum atomic E-state index is -3.09. The number of unbranched alkanes of at least 4 members (excludes halogenated alkanes) is 1. The van der Waals surface area contributed by atoms with Gasteiger partial charge in [0.15, 0.2) is 0 Å². The van der Waals surface area contributed by atoms with E-state index in [0.29, 0.717) is 34.6 Å². The van der Waals surface area contributed by atoms with Gasteiger partial charge in [0.1, 0.15) is 21.3 Å². The molecule has 176 valence electrons. The van der Waals surface area contributed by atoms with E-state index in [1.165, 1.54) is 10.8 Å². The number of carbonyl (C=O) groups is 1. The van der Waals surface area contributed by atoms with Crippen LogP contribution in [-0.4, -0.2) is 41.7 Å². The molecule has 3 rings (SSSR count). The van der Waals surface area contributed by atoms with Crippen LogP contribution < -0.4 is 10.9 Å². The van der Waals surface area contributed by atoms with Crippen molar-refractivity contribution in [2.75, 3.05) is 12.0 Å². The average molecular weight is 484 g/mol. The second-order valence-electron chi connectivity index (χ2n) is 9.36. The number of ether oxygens (including phenoxy) is 1. The van der Waals surface area contributed by atoms with Crippen molar-refractivity contribution in [2.45, 2.75) is 64.6 Å². The van der Waals surface area contributed by atoms with Gasteiger partial charge in [-0.25, -0.2) is 18.2 Å². The van der Waals surface area contributed by atoms with Gasteiger partial charge in [0.25, 0.3) is 5.56 Å². The van der Waals surface area contributed by atoms with Crippen molar-refractivity contribution in [3.8, 4) is 0 Å². The van der Waals surface area contributed by atoms with E-state index in [9.17, 15) is 18.0 Å². The lowest BCUT2D eigenvalue weighted by Crippen LogP contribution is -2.39. The van der Waals surface area contributed by atoms with Crippen LogP contribution in [0.25, 0.3) is 10.9 Å². The molecule has 8 nitrogen and oxygen atoms in total. The summed E-state index contributed by atoms with van der Waals surface area (Å²) in [5.74, 6) is 0.631. The molecule has 1 atom stereocenters. The molecule has 1 heterocycles. The minimum Gasteiger partial charge on any atom is -0.444 e. The number of aromatic nitrogens is 2. The quantitative estimate of drug-likeness (QED) is 0.571. The predicted octanol–water partition coefficient (Wildman–Crippen LogP) is 3.85. The summed E-state index contributed by atoms with van der Waals surface area (Å²) in [4.78, 5) is 30.6. The van der Waals surface area contributed by atoms with Gasteiger partial charge in [-0.05, 0) is 64.5 Å². The van der Waals surface area contributed by atoms with Crippen LogP contribution in [0.2, 0.25) is 5.02 Å². The number of hydrogen-bond donors (Lipinski definition) is 1. The summed E-state index contributed by atoms with van der Waals surface area (Å²) < 4.78 is 29.9. The SMILES string of the molecule is CC(C)(C)OC(=O)N[C@H](c1nc2cccc(Cl)c2c(=O)n1CCCCS(C)(=O)=O)C1CC1. The van der Waals surface area contributed by atoms with E-state index in [0.717, 1.165) is 12.8 Å². The first kappa shape index (κ1) is 24.5. The number of carbonyl (C=O) groups excluding carboxylic acids is 1. The Kier molecular flexibility index (Phi) is 7.19. The molecular weight excluding hydrogens is 454 g/mol. The van der Waals surface area contributed by atoms with E-state index in [2.05, 4.69) is 5.32 Å². The summed E-state index contributed by atoms with van der Waals surface area (Å²) in [6, 6.07) is 4.59. The summed E-state index contributed by atoms with van der Waals surface area (Å²) >= 11 is 6.30. The molecule has 1 saturated carbocycles. The fourth-order valence-corrected chi connectivity index (χ4v) is 4.56. The van der Waals surface area contributed by atoms with E-state index in [1.807, 2.05) is 0 Å². The maximum atomic E-state index is 13.4. The van der Waals surface area contributed by atoms with Crippen LogP contribution in [0.15, 0.2) is 23.0 Å². The number of amides is 1. The third-order valence-electron chi connectivity index (χ3n) is 5.15. The van der Waals surface area contributed by atoms with Crippen molar-refractivity contribution in [2.24, 2.45) is 5.92 Å². The number of halogens is 1. The molecule has 0 saturated heterocycles. The lowest BCUT2D eigenvalue weighted by atomic mass is 10.1. The highest BCUT2D eigenvalue weighted by Crippen LogP contribution is 2.41. The van der Waals surface area contributed by atoms with Gasteiger partial charge in [-0.1, -0.05) is 17.7 Å². The molecule has 1 amide bonds. The maximum absolute atomic E-state index is 13.4. The van der Waals surface area contributed by atoms with Gasteiger partial charge in [0.05, 0.1) is 22.0 Å². The molecule has 10 heteroatoms. The summed E-state index contributed by atoms with van der Waals surface area (Å²) in [7, 11) is -3.09. The first-order valence-corrected chi connectivity index (χ1v) is 13.2. The molecule has 0 bridgehead atoms. The van der Waals surface area contributed by atoms with Gasteiger partial charge >= 0.3 is 6.09 Å². The van der Waals surface area contributed by atoms with Crippen LogP contribution in [0.1, 0.15) is 58.3 Å². The van der Waals surface area contributed by atoms with Crippen molar-refractivity contribution in [3.05, 3.63) is 39.4 Å². The highest BCUT2D eigenvalue weighted by Gasteiger charge is 2.37. The molecule has 0 spiro atoms. The number of nitrogens with zero attached hydrogens (tertiary/aromatic N) is 2. The Balaban J connectivity index is 2.00. The fourth-order valence-electron chi connectivity index (χ4n) is 3.59. The number of alkyl carbamates (subject to hydrolysis) is 1. The van der Waals surface area contributed by atoms with Crippen LogP contribution in [0, 0.1) is 5.92 Å². The monoisotopic (exact) mass is 483 g/mol. The van der Waals surface area contributed by atoms with E-state index in [-0.39, 0.29) is 23.8 Å². The van der Waals surface area contributed by atoms with E-state index >= 15 is 0 Å². The maximum Gasteiger partial charge on any atom is 0.408 e. The van der Waals surface area contributed by atoms with Crippen molar-refractivity contribution in [3.63, 3.8) is 0 Å². The topological polar surface area (TPSA) is 107 Å². The minimum absolute atomic E-state index is 0.0427. The zero-order valence-electron chi connectivity index (χ0n) is 18.9. The van der Waals surface area contributed by atoms with Crippen LogP contribution >= 0.6 is 11.6 Å². The van der Waals surface area contributed by atoms with Gasteiger partial charge in [-0.3, -0.25) is 9.36 Å². The first-order valence-electron chi connectivity index (χ1n) is 10.7. The molecule has 32 heavy (non-hydrogen) atoms. The second kappa shape index (κ2) is 9.39. The average Bonchev–Trinajstić information content (AvgIpc) is 3.47. The Bertz CT molecular complexity index is 1170. The number of benzene rings is 1. The first-order chi connectivity index (χ1) is 14.9. The lowest BCUT2D eigenvalue weighted by molar-refractivity contribution is 0.0493. The zero-order valence-corrected chi connectivity index (χ0v) is 20.4. The number of nitrogens with one attached hydrogen (secondary N) is 1. The molecule has 2 aromatic rings. The molecule has 0 unspecified atom stereocenters. The van der Waals surface area contributed by atoms with Crippen molar-refractivity contribution in [1.82, 2.24) is 14.9 Å². The Morgan fingerprint density at radius 3 is 2.59 bits per heavy atom. The Hall–Kier alpha value is -2.13. The molecule has 1 aliphatic rings. The summed E-state index contributed by atoms with van der Waals surface area (Å²) in [5, 5.41) is 3.52. The second-order valence-corrected chi connectivity index (χ2v) is 12.0. The van der Waals surface area contributed by atoms with Crippen molar-refractivity contribution < 1.29 is 17.9 Å². The van der Waals surface area contributed by atoms with Crippen molar-refractivity contribution in [1.29, 1.82) is 0 Å². The smallest absolute Gasteiger partial charge is 0.408 e. The third-order valence-corrected chi connectivity index (χ3v) is 6.50. The fraction of sp³-hybridized carbons (Fsp3) is 0.591. The van der Waals surface area contributed by atoms with Crippen LogP contribution in [0.5, 0.6) is 0 Å². The van der Waals surface area contributed by atoms with Gasteiger partial charge in [-0.2, -0.15) is 0 Å². The highest BCUT2D eigenvalue weighted by atomic mass is 35.5. The van der Waals surface area contributed by atoms with Gasteiger partial charge in [0.2, 0.25) is 0 Å². The molecule has 1 aromatic heterocycles. The standard InChI is InChI=1S/C22H30ClN3O5S/c1-22(2,3)31-21(28)25-18(14-10-11-14)19-24-16-9-7-8-15(23)17(16)20(27)26(19)12-5-6-13-32(4,29)30/h7-9,14,18H,5-6,10-13H2,1-4H3,(H,25,28)/t18-/m0/s1. The van der Waals surface area contributed by atoms with Gasteiger partial charge in [0, 0.05) is 18.6 Å². The summed E-state index contributed by atoms with van der Waals surface area (Å²) in [6.07, 6.45) is 3.31. The van der Waals surface area contributed by atoms with E-state index in [1.54, 1.807) is 39.0 Å². The van der Waals surface area contributed by atoms with Crippen LogP contribution in [0.3, 0.4) is 0 Å². The van der Waals surface area contributed by atoms with E-state index < -0.39 is 27.6 Å². The third kappa shape index (κ3) is 6.45. The molecule has 1 aromatic carbocycles. The molecule has 1 aliphatic carbocycles. The summed E-state index contributed by atoms with van der Waals surface area (Å²) in [5.41, 5.74) is -0.499. The van der Waals surface area contributed by atoms with Gasteiger partial charge in [-0.15, -0.1) is 0 Å². The number of sulfone groups is 1. The molecular formula is C22H30ClN3O5S. The largest absolute Gasteiger partial charge is 0.444 e. The normalized spacial score (nSPS) is 15.5.